The van der Waals surface area contributed by atoms with E-state index < -0.39 is 29.9 Å². The van der Waals surface area contributed by atoms with Gasteiger partial charge in [0.05, 0.1) is 0 Å². The highest BCUT2D eigenvalue weighted by molar-refractivity contribution is 5.98. The van der Waals surface area contributed by atoms with Gasteiger partial charge in [-0.2, -0.15) is 0 Å². The maximum atomic E-state index is 12.8. The number of carbonyl (C=O) groups excluding carboxylic acids is 2. The van der Waals surface area contributed by atoms with Crippen molar-refractivity contribution in [3.05, 3.63) is 66.0 Å². The van der Waals surface area contributed by atoms with Crippen LogP contribution in [-0.4, -0.2) is 40.0 Å². The molecule has 0 radical (unpaired) electrons. The van der Waals surface area contributed by atoms with Gasteiger partial charge in [0.15, 0.2) is 0 Å². The molecule has 0 bridgehead atoms. The molecule has 0 aliphatic carbocycles. The van der Waals surface area contributed by atoms with Gasteiger partial charge in [-0.3, -0.25) is 14.6 Å². The number of nitrogens with zero attached hydrogens (tertiary/aromatic N) is 1. The minimum absolute atomic E-state index is 0.207. The summed E-state index contributed by atoms with van der Waals surface area (Å²) in [7, 11) is 0. The average molecular weight is 383 g/mol. The quantitative estimate of drug-likeness (QED) is 0.583. The lowest BCUT2D eigenvalue weighted by atomic mass is 10.0. The lowest BCUT2D eigenvalue weighted by Crippen LogP contribution is -2.52. The minimum atomic E-state index is -1.09. The molecule has 2 rings (SSSR count). The standard InChI is InChI=1S/C21H25N3O4/c1-2-3-11-17(21(27)28)23-20(26)18(13-15-8-7-12-22-14-15)24-19(25)16-9-5-4-6-10-16/h4-10,12,14,17-18H,2-3,11,13H2,1H3,(H,23,26)(H,24,25)(H,27,28)/t17-,18?/m0/s1. The van der Waals surface area contributed by atoms with Crippen molar-refractivity contribution in [1.29, 1.82) is 0 Å². The molecule has 148 valence electrons. The molecule has 2 atom stereocenters. The third kappa shape index (κ3) is 6.50. The fourth-order valence-corrected chi connectivity index (χ4v) is 2.73. The Morgan fingerprint density at radius 3 is 2.39 bits per heavy atom. The zero-order valence-electron chi connectivity index (χ0n) is 15.8. The second-order valence-corrected chi connectivity index (χ2v) is 6.50. The number of aromatic nitrogens is 1. The van der Waals surface area contributed by atoms with E-state index >= 15 is 0 Å². The molecule has 2 amide bonds. The number of nitrogens with one attached hydrogen (secondary N) is 2. The van der Waals surface area contributed by atoms with E-state index in [9.17, 15) is 19.5 Å². The molecule has 1 unspecified atom stereocenters. The third-order valence-electron chi connectivity index (χ3n) is 4.28. The summed E-state index contributed by atoms with van der Waals surface area (Å²) in [4.78, 5) is 40.8. The first kappa shape index (κ1) is 21.1. The molecular weight excluding hydrogens is 358 g/mol. The highest BCUT2D eigenvalue weighted by Gasteiger charge is 2.26. The van der Waals surface area contributed by atoms with E-state index in [0.29, 0.717) is 18.4 Å². The van der Waals surface area contributed by atoms with Crippen LogP contribution in [0.15, 0.2) is 54.9 Å². The van der Waals surface area contributed by atoms with E-state index in [1.165, 1.54) is 0 Å². The predicted octanol–water partition coefficient (Wildman–Crippen LogP) is 2.18. The number of hydrogen-bond acceptors (Lipinski definition) is 4. The fraction of sp³-hybridized carbons (Fsp3) is 0.333. The van der Waals surface area contributed by atoms with E-state index in [1.54, 1.807) is 54.9 Å². The molecule has 28 heavy (non-hydrogen) atoms. The van der Waals surface area contributed by atoms with Crippen molar-refractivity contribution in [2.75, 3.05) is 0 Å². The summed E-state index contributed by atoms with van der Waals surface area (Å²) in [5.41, 5.74) is 1.18. The second-order valence-electron chi connectivity index (χ2n) is 6.50. The number of pyridine rings is 1. The van der Waals surface area contributed by atoms with E-state index in [4.69, 9.17) is 0 Å². The summed E-state index contributed by atoms with van der Waals surface area (Å²) in [6.07, 6.45) is 5.28. The predicted molar refractivity (Wildman–Crippen MR) is 105 cm³/mol. The Morgan fingerprint density at radius 1 is 1.04 bits per heavy atom. The van der Waals surface area contributed by atoms with Crippen LogP contribution in [0.5, 0.6) is 0 Å². The van der Waals surface area contributed by atoms with Crippen molar-refractivity contribution in [2.45, 2.75) is 44.7 Å². The molecule has 7 heteroatoms. The maximum Gasteiger partial charge on any atom is 0.326 e. The lowest BCUT2D eigenvalue weighted by Gasteiger charge is -2.21. The molecule has 1 aromatic heterocycles. The number of benzene rings is 1. The van der Waals surface area contributed by atoms with E-state index in [0.717, 1.165) is 12.0 Å². The first-order valence-corrected chi connectivity index (χ1v) is 9.29. The van der Waals surface area contributed by atoms with Crippen LogP contribution in [0.1, 0.15) is 42.1 Å². The average Bonchev–Trinajstić information content (AvgIpc) is 2.71. The minimum Gasteiger partial charge on any atom is -0.480 e. The molecule has 1 aromatic carbocycles. The number of carbonyl (C=O) groups is 3. The van der Waals surface area contributed by atoms with Gasteiger partial charge in [-0.05, 0) is 30.2 Å². The van der Waals surface area contributed by atoms with Crippen molar-refractivity contribution in [1.82, 2.24) is 15.6 Å². The van der Waals surface area contributed by atoms with Gasteiger partial charge < -0.3 is 15.7 Å². The van der Waals surface area contributed by atoms with Crippen molar-refractivity contribution in [3.63, 3.8) is 0 Å². The lowest BCUT2D eigenvalue weighted by molar-refractivity contribution is -0.142. The van der Waals surface area contributed by atoms with Gasteiger partial charge in [-0.1, -0.05) is 44.0 Å². The Labute approximate surface area is 164 Å². The summed E-state index contributed by atoms with van der Waals surface area (Å²) in [6, 6.07) is 10.2. The zero-order valence-corrected chi connectivity index (χ0v) is 15.8. The molecule has 1 heterocycles. The van der Waals surface area contributed by atoms with Crippen LogP contribution in [0.3, 0.4) is 0 Å². The Kier molecular flexibility index (Phi) is 8.14. The second kappa shape index (κ2) is 10.8. The van der Waals surface area contributed by atoms with Crippen molar-refractivity contribution in [3.8, 4) is 0 Å². The van der Waals surface area contributed by atoms with Gasteiger partial charge in [-0.15, -0.1) is 0 Å². The Balaban J connectivity index is 2.15. The highest BCUT2D eigenvalue weighted by atomic mass is 16.4. The molecule has 0 saturated carbocycles. The SMILES string of the molecule is CCCC[C@H](NC(=O)C(Cc1cccnc1)NC(=O)c1ccccc1)C(=O)O. The molecule has 0 fully saturated rings. The Bertz CT molecular complexity index is 781. The summed E-state index contributed by atoms with van der Waals surface area (Å²) in [5, 5.41) is 14.6. The summed E-state index contributed by atoms with van der Waals surface area (Å²) >= 11 is 0. The third-order valence-corrected chi connectivity index (χ3v) is 4.28. The first-order chi connectivity index (χ1) is 13.5. The topological polar surface area (TPSA) is 108 Å². The van der Waals surface area contributed by atoms with Crippen LogP contribution in [0.4, 0.5) is 0 Å². The number of carboxylic acid groups (broad SMARTS) is 1. The maximum absolute atomic E-state index is 12.8. The number of hydrogen-bond donors (Lipinski definition) is 3. The first-order valence-electron chi connectivity index (χ1n) is 9.29. The molecule has 3 N–H and O–H groups in total. The van der Waals surface area contributed by atoms with Gasteiger partial charge in [0.25, 0.3) is 5.91 Å². The van der Waals surface area contributed by atoms with Gasteiger partial charge >= 0.3 is 5.97 Å². The summed E-state index contributed by atoms with van der Waals surface area (Å²) < 4.78 is 0. The van der Waals surface area contributed by atoms with Crippen molar-refractivity contribution in [2.24, 2.45) is 0 Å². The molecule has 7 nitrogen and oxygen atoms in total. The number of unbranched alkanes of at least 4 members (excludes halogenated alkanes) is 1. The van der Waals surface area contributed by atoms with Crippen molar-refractivity contribution >= 4 is 17.8 Å². The van der Waals surface area contributed by atoms with Crippen molar-refractivity contribution < 1.29 is 19.5 Å². The highest BCUT2D eigenvalue weighted by Crippen LogP contribution is 2.07. The van der Waals surface area contributed by atoms with Crippen LogP contribution in [0.2, 0.25) is 0 Å². The van der Waals surface area contributed by atoms with Crippen LogP contribution >= 0.6 is 0 Å². The van der Waals surface area contributed by atoms with Gasteiger partial charge in [0.1, 0.15) is 12.1 Å². The molecule has 0 aliphatic rings. The van der Waals surface area contributed by atoms with Gasteiger partial charge in [0.2, 0.25) is 5.91 Å². The zero-order chi connectivity index (χ0) is 20.4. The smallest absolute Gasteiger partial charge is 0.326 e. The largest absolute Gasteiger partial charge is 0.480 e. The Morgan fingerprint density at radius 2 is 1.79 bits per heavy atom. The summed E-state index contributed by atoms with van der Waals surface area (Å²) in [6.45, 7) is 1.95. The number of rotatable bonds is 10. The molecule has 0 aliphatic heterocycles. The summed E-state index contributed by atoms with van der Waals surface area (Å²) in [5.74, 6) is -2.02. The Hall–Kier alpha value is -3.22. The number of amides is 2. The fourth-order valence-electron chi connectivity index (χ4n) is 2.73. The van der Waals surface area contributed by atoms with Gasteiger partial charge in [0, 0.05) is 24.4 Å². The monoisotopic (exact) mass is 383 g/mol. The number of carboxylic acids is 1. The van der Waals surface area contributed by atoms with E-state index in [-0.39, 0.29) is 6.42 Å². The molecule has 0 spiro atoms. The van der Waals surface area contributed by atoms with Crippen LogP contribution < -0.4 is 10.6 Å². The molecule has 2 aromatic rings. The molecular formula is C21H25N3O4. The van der Waals surface area contributed by atoms with E-state index in [2.05, 4.69) is 15.6 Å². The number of aliphatic carboxylic acids is 1. The van der Waals surface area contributed by atoms with Crippen LogP contribution in [-0.2, 0) is 16.0 Å². The normalized spacial score (nSPS) is 12.6. The molecule has 0 saturated heterocycles. The van der Waals surface area contributed by atoms with Crippen LogP contribution in [0.25, 0.3) is 0 Å². The van der Waals surface area contributed by atoms with Gasteiger partial charge in [-0.25, -0.2) is 4.79 Å². The van der Waals surface area contributed by atoms with Crippen LogP contribution in [0, 0.1) is 0 Å². The van der Waals surface area contributed by atoms with E-state index in [1.807, 2.05) is 6.92 Å².